The van der Waals surface area contributed by atoms with Gasteiger partial charge in [0.2, 0.25) is 0 Å². The van der Waals surface area contributed by atoms with E-state index in [1.165, 1.54) is 16.2 Å². The molecule has 3 nitrogen and oxygen atoms in total. The molecule has 0 aromatic carbocycles. The molecule has 5 heteroatoms. The molecule has 2 heterocycles. The van der Waals surface area contributed by atoms with Gasteiger partial charge in [0.1, 0.15) is 0 Å². The lowest BCUT2D eigenvalue weighted by Crippen LogP contribution is -2.17. The fourth-order valence-corrected chi connectivity index (χ4v) is 2.71. The molecule has 0 unspecified atom stereocenters. The molecule has 0 saturated heterocycles. The van der Waals surface area contributed by atoms with E-state index in [9.17, 15) is 4.79 Å². The predicted molar refractivity (Wildman–Crippen MR) is 73.1 cm³/mol. The first kappa shape index (κ1) is 12.0. The van der Waals surface area contributed by atoms with Crippen LogP contribution in [0.4, 0.5) is 0 Å². The van der Waals surface area contributed by atoms with Gasteiger partial charge in [-0.3, -0.25) is 4.79 Å². The van der Waals surface area contributed by atoms with Crippen molar-refractivity contribution in [2.75, 3.05) is 0 Å². The summed E-state index contributed by atoms with van der Waals surface area (Å²) >= 11 is 3.07. The van der Waals surface area contributed by atoms with E-state index in [4.69, 9.17) is 0 Å². The smallest absolute Gasteiger partial charge is 0.266 e. The van der Waals surface area contributed by atoms with Crippen LogP contribution in [-0.2, 0) is 0 Å². The average molecular weight is 264 g/mol. The molecule has 0 aliphatic carbocycles. The van der Waals surface area contributed by atoms with E-state index in [0.717, 1.165) is 10.6 Å². The van der Waals surface area contributed by atoms with E-state index in [-0.39, 0.29) is 5.91 Å². The van der Waals surface area contributed by atoms with Crippen molar-refractivity contribution in [2.24, 2.45) is 5.10 Å². The van der Waals surface area contributed by atoms with Gasteiger partial charge in [0.05, 0.1) is 15.5 Å². The highest BCUT2D eigenvalue weighted by Crippen LogP contribution is 2.15. The monoisotopic (exact) mass is 264 g/mol. The molecule has 0 bridgehead atoms. The van der Waals surface area contributed by atoms with Gasteiger partial charge in [-0.25, -0.2) is 5.43 Å². The van der Waals surface area contributed by atoms with Crippen LogP contribution in [0.1, 0.15) is 26.3 Å². The Morgan fingerprint density at radius 1 is 1.29 bits per heavy atom. The number of nitrogens with one attached hydrogen (secondary N) is 1. The standard InChI is InChI=1S/C12H12N2OS2/c1-8-5-6-10(17-8)9(2)13-14-12(15)11-4-3-7-16-11/h3-7H,1-2H3,(H,14,15)/b13-9+. The van der Waals surface area contributed by atoms with Crippen molar-refractivity contribution in [1.82, 2.24) is 5.43 Å². The molecule has 2 aromatic heterocycles. The van der Waals surface area contributed by atoms with Crippen LogP contribution in [0.2, 0.25) is 0 Å². The second-order valence-electron chi connectivity index (χ2n) is 3.53. The summed E-state index contributed by atoms with van der Waals surface area (Å²) in [5.74, 6) is -0.160. The first-order valence-corrected chi connectivity index (χ1v) is 6.81. The molecule has 0 spiro atoms. The average Bonchev–Trinajstić information content (AvgIpc) is 2.95. The Balaban J connectivity index is 2.04. The number of carbonyl (C=O) groups is 1. The number of hydrogen-bond acceptors (Lipinski definition) is 4. The highest BCUT2D eigenvalue weighted by Gasteiger charge is 2.05. The van der Waals surface area contributed by atoms with Gasteiger partial charge in [-0.2, -0.15) is 5.10 Å². The molecule has 17 heavy (non-hydrogen) atoms. The second kappa shape index (κ2) is 5.25. The fourth-order valence-electron chi connectivity index (χ4n) is 1.28. The Kier molecular flexibility index (Phi) is 3.71. The van der Waals surface area contributed by atoms with Crippen LogP contribution in [0.3, 0.4) is 0 Å². The normalized spacial score (nSPS) is 11.5. The van der Waals surface area contributed by atoms with Gasteiger partial charge in [0.25, 0.3) is 5.91 Å². The van der Waals surface area contributed by atoms with Crippen molar-refractivity contribution in [1.29, 1.82) is 0 Å². The van der Waals surface area contributed by atoms with E-state index in [1.807, 2.05) is 37.4 Å². The minimum absolute atomic E-state index is 0.160. The summed E-state index contributed by atoms with van der Waals surface area (Å²) in [4.78, 5) is 14.6. The van der Waals surface area contributed by atoms with Gasteiger partial charge >= 0.3 is 0 Å². The Morgan fingerprint density at radius 3 is 2.71 bits per heavy atom. The summed E-state index contributed by atoms with van der Waals surface area (Å²) < 4.78 is 0. The molecule has 2 aromatic rings. The van der Waals surface area contributed by atoms with Crippen LogP contribution in [0.5, 0.6) is 0 Å². The lowest BCUT2D eigenvalue weighted by molar-refractivity contribution is 0.0959. The van der Waals surface area contributed by atoms with Crippen LogP contribution < -0.4 is 5.43 Å². The highest BCUT2D eigenvalue weighted by atomic mass is 32.1. The maximum Gasteiger partial charge on any atom is 0.281 e. The number of nitrogens with zero attached hydrogens (tertiary/aromatic N) is 1. The quantitative estimate of drug-likeness (QED) is 0.671. The molecule has 0 aliphatic heterocycles. The summed E-state index contributed by atoms with van der Waals surface area (Å²) in [6.45, 7) is 3.94. The summed E-state index contributed by atoms with van der Waals surface area (Å²) in [6, 6.07) is 7.68. The third kappa shape index (κ3) is 3.01. The molecule has 88 valence electrons. The molecule has 2 rings (SSSR count). The van der Waals surface area contributed by atoms with Crippen molar-refractivity contribution in [3.8, 4) is 0 Å². The first-order valence-electron chi connectivity index (χ1n) is 5.12. The summed E-state index contributed by atoms with van der Waals surface area (Å²) in [5, 5.41) is 5.97. The maximum absolute atomic E-state index is 11.6. The van der Waals surface area contributed by atoms with Gasteiger partial charge in [-0.05, 0) is 37.4 Å². The van der Waals surface area contributed by atoms with Crippen molar-refractivity contribution >= 4 is 34.3 Å². The largest absolute Gasteiger partial charge is 0.281 e. The lowest BCUT2D eigenvalue weighted by Gasteiger charge is -1.98. The van der Waals surface area contributed by atoms with Gasteiger partial charge in [-0.15, -0.1) is 22.7 Å². The Hall–Kier alpha value is -1.46. The van der Waals surface area contributed by atoms with Crippen LogP contribution in [0, 0.1) is 6.92 Å². The van der Waals surface area contributed by atoms with Crippen LogP contribution >= 0.6 is 22.7 Å². The Morgan fingerprint density at radius 2 is 2.12 bits per heavy atom. The first-order chi connectivity index (χ1) is 8.16. The van der Waals surface area contributed by atoms with E-state index >= 15 is 0 Å². The van der Waals surface area contributed by atoms with Crippen molar-refractivity contribution in [3.63, 3.8) is 0 Å². The third-order valence-corrected chi connectivity index (χ3v) is 4.15. The van der Waals surface area contributed by atoms with Crippen LogP contribution in [0.25, 0.3) is 0 Å². The topological polar surface area (TPSA) is 41.5 Å². The zero-order valence-corrected chi connectivity index (χ0v) is 11.2. The number of amides is 1. The van der Waals surface area contributed by atoms with Gasteiger partial charge < -0.3 is 0 Å². The number of carbonyl (C=O) groups excluding carboxylic acids is 1. The molecule has 1 amide bonds. The lowest BCUT2D eigenvalue weighted by atomic mass is 10.3. The molecule has 0 radical (unpaired) electrons. The zero-order chi connectivity index (χ0) is 12.3. The minimum atomic E-state index is -0.160. The van der Waals surface area contributed by atoms with E-state index in [2.05, 4.69) is 10.5 Å². The van der Waals surface area contributed by atoms with Crippen molar-refractivity contribution < 1.29 is 4.79 Å². The Labute approximate surface area is 108 Å². The minimum Gasteiger partial charge on any atom is -0.266 e. The molecular formula is C12H12N2OS2. The number of thiophene rings is 2. The van der Waals surface area contributed by atoms with E-state index < -0.39 is 0 Å². The molecule has 0 atom stereocenters. The van der Waals surface area contributed by atoms with Crippen molar-refractivity contribution in [3.05, 3.63) is 44.3 Å². The van der Waals surface area contributed by atoms with Gasteiger partial charge in [0.15, 0.2) is 0 Å². The zero-order valence-electron chi connectivity index (χ0n) is 9.56. The fraction of sp³-hybridized carbons (Fsp3) is 0.167. The van der Waals surface area contributed by atoms with E-state index in [1.54, 1.807) is 17.4 Å². The molecule has 0 aliphatic rings. The summed E-state index contributed by atoms with van der Waals surface area (Å²) in [6.07, 6.45) is 0. The van der Waals surface area contributed by atoms with Crippen molar-refractivity contribution in [2.45, 2.75) is 13.8 Å². The molecule has 0 fully saturated rings. The second-order valence-corrected chi connectivity index (χ2v) is 5.76. The number of hydrazone groups is 1. The Bertz CT molecular complexity index is 541. The van der Waals surface area contributed by atoms with Crippen LogP contribution in [0.15, 0.2) is 34.7 Å². The van der Waals surface area contributed by atoms with E-state index in [0.29, 0.717) is 4.88 Å². The SMILES string of the molecule is C/C(=N\NC(=O)c1cccs1)c1ccc(C)s1. The highest BCUT2D eigenvalue weighted by molar-refractivity contribution is 7.14. The van der Waals surface area contributed by atoms with Gasteiger partial charge in [-0.1, -0.05) is 6.07 Å². The summed E-state index contributed by atoms with van der Waals surface area (Å²) in [7, 11) is 0. The maximum atomic E-state index is 11.6. The molecule has 0 saturated carbocycles. The summed E-state index contributed by atoms with van der Waals surface area (Å²) in [5.41, 5.74) is 3.39. The number of aryl methyl sites for hydroxylation is 1. The van der Waals surface area contributed by atoms with Crippen LogP contribution in [-0.4, -0.2) is 11.6 Å². The van der Waals surface area contributed by atoms with Gasteiger partial charge in [0, 0.05) is 4.88 Å². The number of rotatable bonds is 3. The third-order valence-electron chi connectivity index (χ3n) is 2.17. The number of hydrogen-bond donors (Lipinski definition) is 1. The molecular weight excluding hydrogens is 252 g/mol. The molecule has 1 N–H and O–H groups in total. The predicted octanol–water partition coefficient (Wildman–Crippen LogP) is 3.27.